The minimum absolute atomic E-state index is 0.757. The lowest BCUT2D eigenvalue weighted by atomic mass is 10.1. The number of hydrogen-bond acceptors (Lipinski definition) is 3. The highest BCUT2D eigenvalue weighted by Gasteiger charge is 2.15. The number of benzene rings is 3. The summed E-state index contributed by atoms with van der Waals surface area (Å²) in [4.78, 5) is 0. The van der Waals surface area contributed by atoms with Crippen LogP contribution in [0, 0.1) is 13.8 Å². The minimum Gasteiger partial charge on any atom is -0.274 e. The molecule has 3 nitrogen and oxygen atoms in total. The molecule has 0 saturated carbocycles. The van der Waals surface area contributed by atoms with Crippen molar-refractivity contribution in [2.24, 2.45) is 0 Å². The normalized spacial score (nSPS) is 10.9. The zero-order valence-electron chi connectivity index (χ0n) is 16.2. The summed E-state index contributed by atoms with van der Waals surface area (Å²) in [5.41, 5.74) is 6.15. The molecule has 0 bridgehead atoms. The van der Waals surface area contributed by atoms with Crippen LogP contribution in [0.3, 0.4) is 0 Å². The third-order valence-electron chi connectivity index (χ3n) is 4.69. The smallest absolute Gasteiger partial charge is 0.196 e. The van der Waals surface area contributed by atoms with Crippen molar-refractivity contribution in [2.45, 2.75) is 31.2 Å². The van der Waals surface area contributed by atoms with E-state index >= 15 is 0 Å². The van der Waals surface area contributed by atoms with Crippen LogP contribution in [-0.2, 0) is 12.2 Å². The van der Waals surface area contributed by atoms with Crippen LogP contribution in [0.15, 0.2) is 84.0 Å². The van der Waals surface area contributed by atoms with Gasteiger partial charge in [-0.05, 0) is 37.1 Å². The average molecular weight is 386 g/mol. The Morgan fingerprint density at radius 2 is 1.36 bits per heavy atom. The van der Waals surface area contributed by atoms with Gasteiger partial charge in [-0.3, -0.25) is 4.57 Å². The van der Waals surface area contributed by atoms with Crippen molar-refractivity contribution in [1.29, 1.82) is 0 Å². The maximum absolute atomic E-state index is 4.53. The second-order valence-corrected chi connectivity index (χ2v) is 7.95. The average Bonchev–Trinajstić information content (AvgIpc) is 3.11. The predicted octanol–water partition coefficient (Wildman–Crippen LogP) is 5.77. The SMILES string of the molecule is Cc1ccc(CSc2nnc(Cc3ccccc3)n2-c2ccc(C)cc2)cc1. The molecular formula is C24H23N3S. The number of nitrogens with zero attached hydrogens (tertiary/aromatic N) is 3. The Kier molecular flexibility index (Phi) is 5.58. The van der Waals surface area contributed by atoms with E-state index in [0.717, 1.165) is 28.8 Å². The molecular weight excluding hydrogens is 362 g/mol. The highest BCUT2D eigenvalue weighted by molar-refractivity contribution is 7.98. The molecule has 0 saturated heterocycles. The molecule has 28 heavy (non-hydrogen) atoms. The Balaban J connectivity index is 1.65. The molecule has 4 rings (SSSR count). The van der Waals surface area contributed by atoms with E-state index in [2.05, 4.69) is 101 Å². The van der Waals surface area contributed by atoms with Gasteiger partial charge in [0.05, 0.1) is 0 Å². The number of aromatic nitrogens is 3. The molecule has 4 heteroatoms. The summed E-state index contributed by atoms with van der Waals surface area (Å²) in [5.74, 6) is 1.83. The van der Waals surface area contributed by atoms with Gasteiger partial charge in [0.2, 0.25) is 0 Å². The highest BCUT2D eigenvalue weighted by Crippen LogP contribution is 2.26. The maximum atomic E-state index is 4.53. The summed E-state index contributed by atoms with van der Waals surface area (Å²) in [5, 5.41) is 9.97. The van der Waals surface area contributed by atoms with E-state index in [1.165, 1.54) is 22.3 Å². The van der Waals surface area contributed by atoms with E-state index in [1.807, 2.05) is 6.07 Å². The predicted molar refractivity (Wildman–Crippen MR) is 116 cm³/mol. The summed E-state index contributed by atoms with van der Waals surface area (Å²) < 4.78 is 2.19. The standard InChI is InChI=1S/C24H23N3S/c1-18-8-12-21(13-9-18)17-28-24-26-25-23(16-20-6-4-3-5-7-20)27(24)22-14-10-19(2)11-15-22/h3-15H,16-17H2,1-2H3. The van der Waals surface area contributed by atoms with Crippen LogP contribution in [0.1, 0.15) is 28.1 Å². The van der Waals surface area contributed by atoms with E-state index in [4.69, 9.17) is 0 Å². The molecule has 1 heterocycles. The van der Waals surface area contributed by atoms with E-state index in [9.17, 15) is 0 Å². The van der Waals surface area contributed by atoms with Gasteiger partial charge in [0.25, 0.3) is 0 Å². The van der Waals surface area contributed by atoms with Gasteiger partial charge in [-0.25, -0.2) is 0 Å². The van der Waals surface area contributed by atoms with Crippen LogP contribution in [0.5, 0.6) is 0 Å². The van der Waals surface area contributed by atoms with Crippen LogP contribution >= 0.6 is 11.8 Å². The molecule has 0 unspecified atom stereocenters. The lowest BCUT2D eigenvalue weighted by molar-refractivity contribution is 0.847. The topological polar surface area (TPSA) is 30.7 Å². The van der Waals surface area contributed by atoms with Crippen LogP contribution in [-0.4, -0.2) is 14.8 Å². The third kappa shape index (κ3) is 4.34. The van der Waals surface area contributed by atoms with E-state index in [1.54, 1.807) is 11.8 Å². The zero-order valence-corrected chi connectivity index (χ0v) is 17.0. The molecule has 0 atom stereocenters. The Labute approximate surface area is 170 Å². The maximum Gasteiger partial charge on any atom is 0.196 e. The van der Waals surface area contributed by atoms with E-state index < -0.39 is 0 Å². The molecule has 140 valence electrons. The van der Waals surface area contributed by atoms with Crippen molar-refractivity contribution in [1.82, 2.24) is 14.8 Å². The largest absolute Gasteiger partial charge is 0.274 e. The molecule has 0 aliphatic heterocycles. The highest BCUT2D eigenvalue weighted by atomic mass is 32.2. The molecule has 1 aromatic heterocycles. The van der Waals surface area contributed by atoms with Gasteiger partial charge in [-0.1, -0.05) is 89.6 Å². The van der Waals surface area contributed by atoms with Crippen molar-refractivity contribution in [3.63, 3.8) is 0 Å². The Hall–Kier alpha value is -2.85. The molecule has 0 aliphatic carbocycles. The first-order chi connectivity index (χ1) is 13.7. The Bertz CT molecular complexity index is 1040. The molecule has 3 aromatic carbocycles. The van der Waals surface area contributed by atoms with Crippen LogP contribution < -0.4 is 0 Å². The summed E-state index contributed by atoms with van der Waals surface area (Å²) in [7, 11) is 0. The summed E-state index contributed by atoms with van der Waals surface area (Å²) >= 11 is 1.73. The van der Waals surface area contributed by atoms with E-state index in [-0.39, 0.29) is 0 Å². The van der Waals surface area contributed by atoms with Gasteiger partial charge in [0, 0.05) is 17.9 Å². The van der Waals surface area contributed by atoms with Gasteiger partial charge < -0.3 is 0 Å². The number of thioether (sulfide) groups is 1. The molecule has 4 aromatic rings. The second-order valence-electron chi connectivity index (χ2n) is 7.01. The van der Waals surface area contributed by atoms with E-state index in [0.29, 0.717) is 0 Å². The summed E-state index contributed by atoms with van der Waals surface area (Å²) in [6.07, 6.45) is 0.757. The van der Waals surface area contributed by atoms with Crippen molar-refractivity contribution in [3.05, 3.63) is 107 Å². The molecule has 0 N–H and O–H groups in total. The molecule has 0 amide bonds. The van der Waals surface area contributed by atoms with Gasteiger partial charge in [0.1, 0.15) is 5.82 Å². The number of rotatable bonds is 6. The quantitative estimate of drug-likeness (QED) is 0.395. The molecule has 0 aliphatic rings. The van der Waals surface area contributed by atoms with Crippen LogP contribution in [0.4, 0.5) is 0 Å². The second kappa shape index (κ2) is 8.44. The fourth-order valence-electron chi connectivity index (χ4n) is 3.07. The van der Waals surface area contributed by atoms with Crippen LogP contribution in [0.25, 0.3) is 5.69 Å². The van der Waals surface area contributed by atoms with Gasteiger partial charge in [-0.15, -0.1) is 10.2 Å². The van der Waals surface area contributed by atoms with Crippen molar-refractivity contribution < 1.29 is 0 Å². The van der Waals surface area contributed by atoms with Gasteiger partial charge >= 0.3 is 0 Å². The van der Waals surface area contributed by atoms with Gasteiger partial charge in [-0.2, -0.15) is 0 Å². The first-order valence-electron chi connectivity index (χ1n) is 9.42. The first kappa shape index (κ1) is 18.5. The van der Waals surface area contributed by atoms with Crippen LogP contribution in [0.2, 0.25) is 0 Å². The van der Waals surface area contributed by atoms with Crippen molar-refractivity contribution in [3.8, 4) is 5.69 Å². The minimum atomic E-state index is 0.757. The molecule has 0 fully saturated rings. The number of hydrogen-bond donors (Lipinski definition) is 0. The Morgan fingerprint density at radius 1 is 0.714 bits per heavy atom. The van der Waals surface area contributed by atoms with Gasteiger partial charge in [0.15, 0.2) is 5.16 Å². The summed E-state index contributed by atoms with van der Waals surface area (Å²) in [6, 6.07) is 27.7. The fraction of sp³-hybridized carbons (Fsp3) is 0.167. The molecule has 0 spiro atoms. The van der Waals surface area contributed by atoms with Crippen molar-refractivity contribution in [2.75, 3.05) is 0 Å². The zero-order chi connectivity index (χ0) is 19.3. The molecule has 0 radical (unpaired) electrons. The third-order valence-corrected chi connectivity index (χ3v) is 5.69. The van der Waals surface area contributed by atoms with Crippen molar-refractivity contribution >= 4 is 11.8 Å². The fourth-order valence-corrected chi connectivity index (χ4v) is 4.00. The first-order valence-corrected chi connectivity index (χ1v) is 10.4. The summed E-state index contributed by atoms with van der Waals surface area (Å²) in [6.45, 7) is 4.22. The lowest BCUT2D eigenvalue weighted by Gasteiger charge is -2.11. The Morgan fingerprint density at radius 3 is 2.04 bits per heavy atom. The lowest BCUT2D eigenvalue weighted by Crippen LogP contribution is -2.04. The monoisotopic (exact) mass is 385 g/mol. The number of aryl methyl sites for hydroxylation is 2.